The standard InChI is InChI=1S/C15H18N4OS/c1-21-14-16-8-9-12(19-14)11-13(17-9)18-10(20)7-15(11)5-3-2-4-6-15/h8,17H,2-7H2,1H3,(H,18,20). The number of carbonyl (C=O) groups is 1. The van der Waals surface area contributed by atoms with Crippen LogP contribution in [0.25, 0.3) is 11.0 Å². The SMILES string of the molecule is CSc1ncc2[nH]c3c(c2n1)C1(CCCCC1)CC(=O)N3. The van der Waals surface area contributed by atoms with Gasteiger partial charge in [0.15, 0.2) is 5.16 Å². The summed E-state index contributed by atoms with van der Waals surface area (Å²) in [5, 5.41) is 3.77. The maximum atomic E-state index is 12.1. The van der Waals surface area contributed by atoms with E-state index in [0.29, 0.717) is 6.42 Å². The molecular formula is C15H18N4OS. The second-order valence-corrected chi connectivity index (χ2v) is 6.83. The molecule has 2 aromatic heterocycles. The van der Waals surface area contributed by atoms with Gasteiger partial charge in [-0.25, -0.2) is 9.97 Å². The Morgan fingerprint density at radius 1 is 1.29 bits per heavy atom. The van der Waals surface area contributed by atoms with E-state index >= 15 is 0 Å². The smallest absolute Gasteiger partial charge is 0.226 e. The van der Waals surface area contributed by atoms with Crippen LogP contribution in [0.5, 0.6) is 0 Å². The zero-order chi connectivity index (χ0) is 14.4. The van der Waals surface area contributed by atoms with Gasteiger partial charge in [-0.2, -0.15) is 0 Å². The molecule has 0 aromatic carbocycles. The third-order valence-electron chi connectivity index (χ3n) is 4.80. The first-order chi connectivity index (χ1) is 10.2. The Balaban J connectivity index is 1.97. The average molecular weight is 302 g/mol. The van der Waals surface area contributed by atoms with Gasteiger partial charge in [0.2, 0.25) is 5.91 Å². The molecule has 5 nitrogen and oxygen atoms in total. The minimum Gasteiger partial charge on any atom is -0.338 e. The van der Waals surface area contributed by atoms with Crippen molar-refractivity contribution in [1.29, 1.82) is 0 Å². The van der Waals surface area contributed by atoms with Crippen LogP contribution in [-0.4, -0.2) is 27.1 Å². The fraction of sp³-hybridized carbons (Fsp3) is 0.533. The van der Waals surface area contributed by atoms with E-state index in [0.717, 1.165) is 34.8 Å². The minimum atomic E-state index is -0.0296. The van der Waals surface area contributed by atoms with Gasteiger partial charge in [-0.1, -0.05) is 31.0 Å². The van der Waals surface area contributed by atoms with E-state index < -0.39 is 0 Å². The minimum absolute atomic E-state index is 0.0296. The molecule has 2 aromatic rings. The molecule has 1 saturated carbocycles. The molecule has 0 bridgehead atoms. The van der Waals surface area contributed by atoms with Crippen molar-refractivity contribution in [3.63, 3.8) is 0 Å². The van der Waals surface area contributed by atoms with Crippen LogP contribution < -0.4 is 5.32 Å². The molecule has 2 N–H and O–H groups in total. The zero-order valence-electron chi connectivity index (χ0n) is 12.0. The number of anilines is 1. The van der Waals surface area contributed by atoms with Crippen molar-refractivity contribution in [3.8, 4) is 0 Å². The van der Waals surface area contributed by atoms with Gasteiger partial charge in [-0.3, -0.25) is 4.79 Å². The van der Waals surface area contributed by atoms with Gasteiger partial charge in [0, 0.05) is 17.4 Å². The average Bonchev–Trinajstić information content (AvgIpc) is 2.85. The molecule has 1 aliphatic heterocycles. The van der Waals surface area contributed by atoms with E-state index in [1.807, 2.05) is 12.5 Å². The molecule has 1 spiro atoms. The summed E-state index contributed by atoms with van der Waals surface area (Å²) >= 11 is 1.55. The number of amides is 1. The van der Waals surface area contributed by atoms with Gasteiger partial charge in [0.25, 0.3) is 0 Å². The van der Waals surface area contributed by atoms with Crippen LogP contribution in [0.1, 0.15) is 44.1 Å². The molecule has 2 aliphatic rings. The van der Waals surface area contributed by atoms with Gasteiger partial charge >= 0.3 is 0 Å². The summed E-state index contributed by atoms with van der Waals surface area (Å²) in [7, 11) is 0. The number of nitrogens with zero attached hydrogens (tertiary/aromatic N) is 2. The van der Waals surface area contributed by atoms with Crippen molar-refractivity contribution >= 4 is 34.5 Å². The van der Waals surface area contributed by atoms with Gasteiger partial charge in [0.1, 0.15) is 5.82 Å². The molecule has 0 saturated heterocycles. The molecule has 3 heterocycles. The lowest BCUT2D eigenvalue weighted by molar-refractivity contribution is -0.118. The van der Waals surface area contributed by atoms with E-state index in [1.165, 1.54) is 24.8 Å². The highest BCUT2D eigenvalue weighted by molar-refractivity contribution is 7.98. The highest BCUT2D eigenvalue weighted by Crippen LogP contribution is 2.49. The van der Waals surface area contributed by atoms with Crippen LogP contribution in [0.2, 0.25) is 0 Å². The lowest BCUT2D eigenvalue weighted by Gasteiger charge is -2.40. The normalized spacial score (nSPS) is 20.5. The molecule has 0 radical (unpaired) electrons. The summed E-state index contributed by atoms with van der Waals surface area (Å²) < 4.78 is 0. The number of nitrogens with one attached hydrogen (secondary N) is 2. The molecule has 4 rings (SSSR count). The van der Waals surface area contributed by atoms with Crippen LogP contribution in [0.3, 0.4) is 0 Å². The number of aromatic nitrogens is 3. The Kier molecular flexibility index (Phi) is 2.96. The Bertz CT molecular complexity index is 718. The first-order valence-electron chi connectivity index (χ1n) is 7.45. The number of H-pyrrole nitrogens is 1. The van der Waals surface area contributed by atoms with Gasteiger partial charge in [-0.15, -0.1) is 0 Å². The van der Waals surface area contributed by atoms with Crippen LogP contribution in [-0.2, 0) is 10.2 Å². The van der Waals surface area contributed by atoms with E-state index in [4.69, 9.17) is 4.98 Å². The Morgan fingerprint density at radius 2 is 2.10 bits per heavy atom. The van der Waals surface area contributed by atoms with E-state index in [2.05, 4.69) is 15.3 Å². The highest BCUT2D eigenvalue weighted by Gasteiger charge is 2.43. The van der Waals surface area contributed by atoms with Gasteiger partial charge < -0.3 is 10.3 Å². The second kappa shape index (κ2) is 4.73. The summed E-state index contributed by atoms with van der Waals surface area (Å²) in [5.74, 6) is 0.963. The summed E-state index contributed by atoms with van der Waals surface area (Å²) in [6.07, 6.45) is 10.2. The highest BCUT2D eigenvalue weighted by atomic mass is 32.2. The van der Waals surface area contributed by atoms with Crippen LogP contribution in [0.4, 0.5) is 5.82 Å². The predicted octanol–water partition coefficient (Wildman–Crippen LogP) is 3.22. The number of carbonyl (C=O) groups excluding carboxylic acids is 1. The maximum Gasteiger partial charge on any atom is 0.226 e. The third kappa shape index (κ3) is 1.96. The molecule has 110 valence electrons. The molecule has 0 atom stereocenters. The number of hydrogen-bond donors (Lipinski definition) is 2. The Morgan fingerprint density at radius 3 is 2.86 bits per heavy atom. The predicted molar refractivity (Wildman–Crippen MR) is 83.7 cm³/mol. The molecule has 1 aliphatic carbocycles. The lowest BCUT2D eigenvalue weighted by atomic mass is 9.66. The Hall–Kier alpha value is -1.56. The van der Waals surface area contributed by atoms with E-state index in [-0.39, 0.29) is 11.3 Å². The van der Waals surface area contributed by atoms with Crippen molar-refractivity contribution in [2.24, 2.45) is 0 Å². The second-order valence-electron chi connectivity index (χ2n) is 6.06. The topological polar surface area (TPSA) is 70.7 Å². The van der Waals surface area contributed by atoms with Crippen molar-refractivity contribution in [2.45, 2.75) is 49.1 Å². The summed E-state index contributed by atoms with van der Waals surface area (Å²) in [4.78, 5) is 24.5. The van der Waals surface area contributed by atoms with Crippen molar-refractivity contribution < 1.29 is 4.79 Å². The summed E-state index contributed by atoms with van der Waals surface area (Å²) in [5.41, 5.74) is 3.10. The van der Waals surface area contributed by atoms with Gasteiger partial charge in [0.05, 0.1) is 17.2 Å². The molecule has 21 heavy (non-hydrogen) atoms. The quantitative estimate of drug-likeness (QED) is 0.627. The number of fused-ring (bicyclic) bond motifs is 4. The van der Waals surface area contributed by atoms with Crippen molar-refractivity contribution in [2.75, 3.05) is 11.6 Å². The number of thioether (sulfide) groups is 1. The molecule has 6 heteroatoms. The fourth-order valence-corrected chi connectivity index (χ4v) is 4.25. The van der Waals surface area contributed by atoms with E-state index in [9.17, 15) is 4.79 Å². The number of aromatic amines is 1. The van der Waals surface area contributed by atoms with Crippen molar-refractivity contribution in [1.82, 2.24) is 15.0 Å². The van der Waals surface area contributed by atoms with Crippen molar-refractivity contribution in [3.05, 3.63) is 11.8 Å². The fourth-order valence-electron chi connectivity index (χ4n) is 3.91. The molecule has 1 fully saturated rings. The number of hydrogen-bond acceptors (Lipinski definition) is 4. The van der Waals surface area contributed by atoms with Crippen LogP contribution in [0.15, 0.2) is 11.4 Å². The first-order valence-corrected chi connectivity index (χ1v) is 8.67. The summed E-state index contributed by atoms with van der Waals surface area (Å²) in [6, 6.07) is 0. The molecule has 1 amide bonds. The maximum absolute atomic E-state index is 12.1. The first kappa shape index (κ1) is 13.1. The third-order valence-corrected chi connectivity index (χ3v) is 5.36. The summed E-state index contributed by atoms with van der Waals surface area (Å²) in [6.45, 7) is 0. The van der Waals surface area contributed by atoms with E-state index in [1.54, 1.807) is 11.8 Å². The largest absolute Gasteiger partial charge is 0.338 e. The van der Waals surface area contributed by atoms with Crippen LogP contribution >= 0.6 is 11.8 Å². The lowest BCUT2D eigenvalue weighted by Crippen LogP contribution is -2.38. The monoisotopic (exact) mass is 302 g/mol. The zero-order valence-corrected chi connectivity index (χ0v) is 12.8. The van der Waals surface area contributed by atoms with Gasteiger partial charge in [-0.05, 0) is 19.1 Å². The molecular weight excluding hydrogens is 284 g/mol. The van der Waals surface area contributed by atoms with Crippen LogP contribution in [0, 0.1) is 0 Å². The number of rotatable bonds is 1. The molecule has 0 unspecified atom stereocenters. The Labute approximate surface area is 127 Å².